The number of sulfone groups is 1. The van der Waals surface area contributed by atoms with Crippen molar-refractivity contribution >= 4 is 40.4 Å². The van der Waals surface area contributed by atoms with E-state index in [4.69, 9.17) is 4.43 Å². The van der Waals surface area contributed by atoms with Crippen LogP contribution in [0.4, 0.5) is 11.5 Å². The van der Waals surface area contributed by atoms with Gasteiger partial charge in [-0.2, -0.15) is 0 Å². The summed E-state index contributed by atoms with van der Waals surface area (Å²) < 4.78 is 31.4. The minimum absolute atomic E-state index is 0.0354. The molecule has 0 spiro atoms. The Morgan fingerprint density at radius 3 is 2.42 bits per heavy atom. The summed E-state index contributed by atoms with van der Waals surface area (Å²) in [5.74, 6) is 0.406. The highest BCUT2D eigenvalue weighted by molar-refractivity contribution is 7.91. The first kappa shape index (κ1) is 23.2. The number of anilines is 2. The molecule has 0 aliphatic rings. The molecule has 0 saturated heterocycles. The van der Waals surface area contributed by atoms with Crippen LogP contribution < -0.4 is 5.32 Å². The van der Waals surface area contributed by atoms with Gasteiger partial charge in [0.05, 0.1) is 10.6 Å². The smallest absolute Gasteiger partial charge is 0.219 e. The van der Waals surface area contributed by atoms with E-state index in [0.717, 1.165) is 5.39 Å². The molecule has 0 aliphatic heterocycles. The highest BCUT2D eigenvalue weighted by atomic mass is 32.2. The van der Waals surface area contributed by atoms with E-state index >= 15 is 0 Å². The van der Waals surface area contributed by atoms with Gasteiger partial charge in [0.15, 0.2) is 18.2 Å². The van der Waals surface area contributed by atoms with E-state index in [1.807, 2.05) is 0 Å². The number of pyridine rings is 2. The summed E-state index contributed by atoms with van der Waals surface area (Å²) in [7, 11) is -5.42. The molecule has 0 atom stereocenters. The third-order valence-electron chi connectivity index (χ3n) is 5.73. The zero-order valence-corrected chi connectivity index (χ0v) is 20.3. The highest BCUT2D eigenvalue weighted by Gasteiger charge is 2.37. The summed E-state index contributed by atoms with van der Waals surface area (Å²) in [6.45, 7) is 10.8. The number of hydrogen-bond acceptors (Lipinski definition) is 7. The van der Waals surface area contributed by atoms with Crippen molar-refractivity contribution in [3.63, 3.8) is 0 Å². The van der Waals surface area contributed by atoms with E-state index in [9.17, 15) is 13.5 Å². The van der Waals surface area contributed by atoms with E-state index in [-0.39, 0.29) is 28.2 Å². The van der Waals surface area contributed by atoms with Gasteiger partial charge in [0.25, 0.3) is 0 Å². The van der Waals surface area contributed by atoms with Crippen LogP contribution in [0.1, 0.15) is 20.8 Å². The number of aromatic nitrogens is 2. The first-order chi connectivity index (χ1) is 14.4. The number of rotatable bonds is 7. The lowest BCUT2D eigenvalue weighted by molar-refractivity contribution is 0.309. The summed E-state index contributed by atoms with van der Waals surface area (Å²) in [4.78, 5) is 8.44. The number of nitrogens with zero attached hydrogens (tertiary/aromatic N) is 2. The van der Waals surface area contributed by atoms with Gasteiger partial charge in [-0.25, -0.2) is 18.4 Å². The molecule has 7 nitrogen and oxygen atoms in total. The van der Waals surface area contributed by atoms with E-state index < -0.39 is 18.2 Å². The first-order valence-electron chi connectivity index (χ1n) is 10.1. The molecule has 2 N–H and O–H groups in total. The lowest BCUT2D eigenvalue weighted by atomic mass is 10.2. The van der Waals surface area contributed by atoms with Crippen molar-refractivity contribution in [1.82, 2.24) is 9.97 Å². The highest BCUT2D eigenvalue weighted by Crippen LogP contribution is 2.36. The minimum atomic E-state index is -3.44. The molecule has 0 amide bonds. The Hall–Kier alpha value is -2.49. The molecular weight excluding hydrogens is 430 g/mol. The standard InChI is InChI=1S/C22H29N3O4SSi/c1-22(2,3)31(4,5)29-12-13-30(27,28)18-8-6-17(7-9-18)25-20-14-19-16(15-24-20)10-11-23-21(19)26/h6-11,14-15H,12-13H2,1-5H3,(H,23,26)(H,24,25). The SMILES string of the molecule is CC(C)(C)[Si](C)(C)OCCS(=O)(=O)c1ccc(Nc2cc3c(O)nccc3cn2)cc1. The molecule has 3 aromatic rings. The first-order valence-corrected chi connectivity index (χ1v) is 14.6. The van der Waals surface area contributed by atoms with E-state index in [0.29, 0.717) is 16.9 Å². The van der Waals surface area contributed by atoms with Crippen molar-refractivity contribution in [2.24, 2.45) is 0 Å². The van der Waals surface area contributed by atoms with Gasteiger partial charge < -0.3 is 14.8 Å². The minimum Gasteiger partial charge on any atom is -0.493 e. The van der Waals surface area contributed by atoms with Crippen molar-refractivity contribution < 1.29 is 18.0 Å². The van der Waals surface area contributed by atoms with Crippen LogP contribution in [-0.2, 0) is 14.3 Å². The molecule has 0 bridgehead atoms. The second-order valence-corrected chi connectivity index (χ2v) is 15.9. The molecule has 2 aromatic heterocycles. The lowest BCUT2D eigenvalue weighted by Crippen LogP contribution is -2.41. The van der Waals surface area contributed by atoms with Crippen molar-refractivity contribution in [2.75, 3.05) is 17.7 Å². The Balaban J connectivity index is 1.67. The molecule has 0 aliphatic carbocycles. The van der Waals surface area contributed by atoms with Gasteiger partial charge in [0.1, 0.15) is 5.82 Å². The predicted octanol–water partition coefficient (Wildman–Crippen LogP) is 4.87. The third kappa shape index (κ3) is 5.41. The summed E-state index contributed by atoms with van der Waals surface area (Å²) in [5.41, 5.74) is 0.687. The number of hydrogen-bond donors (Lipinski definition) is 2. The summed E-state index contributed by atoms with van der Waals surface area (Å²) in [6.07, 6.45) is 3.16. The molecule has 0 saturated carbocycles. The summed E-state index contributed by atoms with van der Waals surface area (Å²) in [6, 6.07) is 9.99. The number of aromatic hydroxyl groups is 1. The van der Waals surface area contributed by atoms with Crippen LogP contribution in [0, 0.1) is 0 Å². The van der Waals surface area contributed by atoms with Gasteiger partial charge in [-0.3, -0.25) is 0 Å². The topological polar surface area (TPSA) is 101 Å². The molecule has 0 unspecified atom stereocenters. The predicted molar refractivity (Wildman–Crippen MR) is 126 cm³/mol. The van der Waals surface area contributed by atoms with Crippen LogP contribution in [0.15, 0.2) is 53.7 Å². The lowest BCUT2D eigenvalue weighted by Gasteiger charge is -2.36. The second kappa shape index (κ2) is 8.56. The van der Waals surface area contributed by atoms with Gasteiger partial charge in [0.2, 0.25) is 5.88 Å². The van der Waals surface area contributed by atoms with Crippen molar-refractivity contribution in [3.8, 4) is 5.88 Å². The maximum absolute atomic E-state index is 12.7. The third-order valence-corrected chi connectivity index (χ3v) is 12.0. The Morgan fingerprint density at radius 2 is 1.77 bits per heavy atom. The fourth-order valence-corrected chi connectivity index (χ4v) is 5.04. The maximum Gasteiger partial charge on any atom is 0.219 e. The number of benzene rings is 1. The molecule has 1 aromatic carbocycles. The van der Waals surface area contributed by atoms with E-state index in [1.54, 1.807) is 42.6 Å². The van der Waals surface area contributed by atoms with Crippen molar-refractivity contribution in [3.05, 3.63) is 48.8 Å². The molecule has 0 radical (unpaired) electrons. The zero-order valence-electron chi connectivity index (χ0n) is 18.5. The molecule has 2 heterocycles. The van der Waals surface area contributed by atoms with Crippen LogP contribution in [0.3, 0.4) is 0 Å². The Morgan fingerprint density at radius 1 is 1.10 bits per heavy atom. The summed E-state index contributed by atoms with van der Waals surface area (Å²) in [5, 5.41) is 14.4. The Bertz CT molecular complexity index is 1170. The van der Waals surface area contributed by atoms with Gasteiger partial charge in [-0.15, -0.1) is 0 Å². The fraction of sp³-hybridized carbons (Fsp3) is 0.364. The number of nitrogens with one attached hydrogen (secondary N) is 1. The van der Waals surface area contributed by atoms with Crippen LogP contribution in [0.2, 0.25) is 18.1 Å². The van der Waals surface area contributed by atoms with Crippen LogP contribution in [-0.4, -0.2) is 44.2 Å². The van der Waals surface area contributed by atoms with Gasteiger partial charge in [-0.05, 0) is 54.5 Å². The quantitative estimate of drug-likeness (QED) is 0.486. The van der Waals surface area contributed by atoms with Crippen LogP contribution in [0.25, 0.3) is 10.8 Å². The zero-order chi connectivity index (χ0) is 22.9. The van der Waals surface area contributed by atoms with Crippen LogP contribution >= 0.6 is 0 Å². The van der Waals surface area contributed by atoms with Gasteiger partial charge >= 0.3 is 0 Å². The Kier molecular flexibility index (Phi) is 6.40. The fourth-order valence-electron chi connectivity index (χ4n) is 2.75. The average Bonchev–Trinajstić information content (AvgIpc) is 2.68. The van der Waals surface area contributed by atoms with Gasteiger partial charge in [-0.1, -0.05) is 20.8 Å². The van der Waals surface area contributed by atoms with Gasteiger partial charge in [0, 0.05) is 35.5 Å². The second-order valence-electron chi connectivity index (χ2n) is 9.00. The van der Waals surface area contributed by atoms with Crippen LogP contribution in [0.5, 0.6) is 5.88 Å². The average molecular weight is 460 g/mol. The van der Waals surface area contributed by atoms with Crippen molar-refractivity contribution in [2.45, 2.75) is 43.8 Å². The largest absolute Gasteiger partial charge is 0.493 e. The van der Waals surface area contributed by atoms with E-state index in [1.165, 1.54) is 6.20 Å². The number of fused-ring (bicyclic) bond motifs is 1. The maximum atomic E-state index is 12.7. The Labute approximate surface area is 184 Å². The molecule has 3 rings (SSSR count). The molecule has 9 heteroatoms. The molecular formula is C22H29N3O4SSi. The summed E-state index contributed by atoms with van der Waals surface area (Å²) >= 11 is 0. The molecule has 0 fully saturated rings. The molecule has 166 valence electrons. The van der Waals surface area contributed by atoms with E-state index in [2.05, 4.69) is 49.1 Å². The normalized spacial score (nSPS) is 12.8. The monoisotopic (exact) mass is 459 g/mol. The molecule has 31 heavy (non-hydrogen) atoms. The van der Waals surface area contributed by atoms with Crippen molar-refractivity contribution in [1.29, 1.82) is 0 Å².